The summed E-state index contributed by atoms with van der Waals surface area (Å²) in [6.07, 6.45) is 5.02. The molecule has 0 radical (unpaired) electrons. The average Bonchev–Trinajstić information content (AvgIpc) is 3.13. The molecule has 1 aliphatic heterocycles. The lowest BCUT2D eigenvalue weighted by molar-refractivity contribution is 0.326. The molecule has 0 amide bonds. The van der Waals surface area contributed by atoms with Gasteiger partial charge in [-0.1, -0.05) is 28.9 Å². The number of fused-ring (bicyclic) bond motifs is 1. The Morgan fingerprint density at radius 3 is 2.93 bits per heavy atom. The van der Waals surface area contributed by atoms with Crippen molar-refractivity contribution >= 4 is 39.0 Å². The minimum Gasteiger partial charge on any atom is -0.356 e. The Labute approximate surface area is 176 Å². The van der Waals surface area contributed by atoms with Gasteiger partial charge in [0.15, 0.2) is 0 Å². The number of piperidine rings is 1. The topological polar surface area (TPSA) is 67.9 Å². The van der Waals surface area contributed by atoms with E-state index in [4.69, 9.17) is 16.1 Å². The zero-order chi connectivity index (χ0) is 19.4. The van der Waals surface area contributed by atoms with E-state index in [9.17, 15) is 0 Å². The van der Waals surface area contributed by atoms with Gasteiger partial charge in [0.1, 0.15) is 17.0 Å². The fraction of sp³-hybridized carbons (Fsp3) is 0.333. The number of rotatable bonds is 3. The molecular weight excluding hydrogens is 406 g/mol. The molecule has 1 unspecified atom stereocenters. The summed E-state index contributed by atoms with van der Waals surface area (Å²) in [5.74, 6) is 2.79. The molecule has 1 spiro atoms. The number of thiophene rings is 1. The lowest BCUT2D eigenvalue weighted by Gasteiger charge is -2.33. The first-order valence-electron chi connectivity index (χ1n) is 9.75. The van der Waals surface area contributed by atoms with Gasteiger partial charge in [-0.3, -0.25) is 0 Å². The van der Waals surface area contributed by atoms with E-state index in [1.165, 1.54) is 0 Å². The Bertz CT molecular complexity index is 1200. The SMILES string of the molecule is Clc1cccc(-c2noc(C3CC34CCN(c3ncnc5sccc35)CC4)n2)c1. The third-order valence-electron chi connectivity index (χ3n) is 6.31. The van der Waals surface area contributed by atoms with Crippen LogP contribution < -0.4 is 4.90 Å². The molecule has 1 aromatic carbocycles. The van der Waals surface area contributed by atoms with Gasteiger partial charge in [0.05, 0.1) is 5.39 Å². The smallest absolute Gasteiger partial charge is 0.230 e. The lowest BCUT2D eigenvalue weighted by Crippen LogP contribution is -2.35. The van der Waals surface area contributed by atoms with Crippen molar-refractivity contribution in [2.45, 2.75) is 25.2 Å². The molecule has 0 bridgehead atoms. The number of halogens is 1. The third-order valence-corrected chi connectivity index (χ3v) is 7.37. The van der Waals surface area contributed by atoms with Crippen LogP contribution in [0.5, 0.6) is 0 Å². The minimum atomic E-state index is 0.287. The van der Waals surface area contributed by atoms with Crippen LogP contribution >= 0.6 is 22.9 Å². The predicted octanol–water partition coefficient (Wildman–Crippen LogP) is 5.17. The highest BCUT2D eigenvalue weighted by atomic mass is 35.5. The standard InChI is InChI=1S/C21H18ClN5OS/c22-14-3-1-2-13(10-14)17-25-19(28-26-17)16-11-21(16)5-7-27(8-6-21)18-15-4-9-29-20(15)24-12-23-18/h1-4,9-10,12,16H,5-8,11H2. The zero-order valence-corrected chi connectivity index (χ0v) is 17.2. The Hall–Kier alpha value is -2.51. The molecule has 3 aromatic heterocycles. The van der Waals surface area contributed by atoms with Gasteiger partial charge in [0, 0.05) is 29.6 Å². The number of hydrogen-bond donors (Lipinski definition) is 0. The van der Waals surface area contributed by atoms with E-state index in [-0.39, 0.29) is 5.41 Å². The molecule has 1 aliphatic carbocycles. The van der Waals surface area contributed by atoms with E-state index >= 15 is 0 Å². The number of nitrogens with zero attached hydrogens (tertiary/aromatic N) is 5. The summed E-state index contributed by atoms with van der Waals surface area (Å²) in [7, 11) is 0. The summed E-state index contributed by atoms with van der Waals surface area (Å²) < 4.78 is 5.63. The van der Waals surface area contributed by atoms with Crippen molar-refractivity contribution in [1.82, 2.24) is 20.1 Å². The second kappa shape index (κ2) is 6.50. The van der Waals surface area contributed by atoms with Crippen LogP contribution in [0.3, 0.4) is 0 Å². The monoisotopic (exact) mass is 423 g/mol. The highest BCUT2D eigenvalue weighted by Gasteiger charge is 2.58. The van der Waals surface area contributed by atoms with E-state index in [1.54, 1.807) is 17.7 Å². The van der Waals surface area contributed by atoms with E-state index in [0.717, 1.165) is 59.8 Å². The van der Waals surface area contributed by atoms with Gasteiger partial charge in [0.25, 0.3) is 0 Å². The van der Waals surface area contributed by atoms with Gasteiger partial charge in [0.2, 0.25) is 11.7 Å². The van der Waals surface area contributed by atoms with Crippen molar-refractivity contribution in [3.05, 3.63) is 53.0 Å². The Balaban J connectivity index is 1.18. The molecule has 1 saturated heterocycles. The maximum Gasteiger partial charge on any atom is 0.230 e. The van der Waals surface area contributed by atoms with Gasteiger partial charge >= 0.3 is 0 Å². The molecular formula is C21H18ClN5OS. The van der Waals surface area contributed by atoms with Crippen LogP contribution in [0, 0.1) is 5.41 Å². The molecule has 1 atom stereocenters. The predicted molar refractivity (Wildman–Crippen MR) is 113 cm³/mol. The summed E-state index contributed by atoms with van der Waals surface area (Å²) >= 11 is 7.75. The van der Waals surface area contributed by atoms with Crippen molar-refractivity contribution < 1.29 is 4.52 Å². The highest BCUT2D eigenvalue weighted by Crippen LogP contribution is 2.64. The average molecular weight is 424 g/mol. The van der Waals surface area contributed by atoms with E-state index in [0.29, 0.717) is 16.8 Å². The molecule has 2 aliphatic rings. The number of hydrogen-bond acceptors (Lipinski definition) is 7. The van der Waals surface area contributed by atoms with Gasteiger partial charge in [-0.05, 0) is 48.3 Å². The van der Waals surface area contributed by atoms with Crippen LogP contribution in [-0.2, 0) is 0 Å². The molecule has 2 fully saturated rings. The molecule has 6 rings (SSSR count). The van der Waals surface area contributed by atoms with Crippen molar-refractivity contribution in [2.75, 3.05) is 18.0 Å². The first-order valence-corrected chi connectivity index (χ1v) is 11.0. The first kappa shape index (κ1) is 17.4. The van der Waals surface area contributed by atoms with Crippen molar-refractivity contribution in [3.63, 3.8) is 0 Å². The number of benzene rings is 1. The summed E-state index contributed by atoms with van der Waals surface area (Å²) in [4.78, 5) is 17.1. The summed E-state index contributed by atoms with van der Waals surface area (Å²) in [5.41, 5.74) is 1.18. The van der Waals surface area contributed by atoms with Gasteiger partial charge in [-0.2, -0.15) is 4.98 Å². The second-order valence-corrected chi connectivity index (χ2v) is 9.24. The fourth-order valence-corrected chi connectivity index (χ4v) is 5.48. The minimum absolute atomic E-state index is 0.287. The second-order valence-electron chi connectivity index (χ2n) is 7.91. The van der Waals surface area contributed by atoms with Gasteiger partial charge < -0.3 is 9.42 Å². The van der Waals surface area contributed by atoms with E-state index < -0.39 is 0 Å². The van der Waals surface area contributed by atoms with Gasteiger partial charge in [-0.25, -0.2) is 9.97 Å². The zero-order valence-electron chi connectivity index (χ0n) is 15.6. The van der Waals surface area contributed by atoms with Crippen LogP contribution in [0.25, 0.3) is 21.6 Å². The fourth-order valence-electron chi connectivity index (χ4n) is 4.56. The lowest BCUT2D eigenvalue weighted by atomic mass is 9.90. The largest absolute Gasteiger partial charge is 0.356 e. The summed E-state index contributed by atoms with van der Waals surface area (Å²) in [6, 6.07) is 9.69. The van der Waals surface area contributed by atoms with Crippen LogP contribution in [-0.4, -0.2) is 33.2 Å². The quantitative estimate of drug-likeness (QED) is 0.453. The molecule has 4 heterocycles. The van der Waals surface area contributed by atoms with Crippen LogP contribution in [0.15, 0.2) is 46.6 Å². The summed E-state index contributed by atoms with van der Waals surface area (Å²) in [5, 5.41) is 8.10. The molecule has 6 nitrogen and oxygen atoms in total. The van der Waals surface area contributed by atoms with Crippen molar-refractivity contribution in [3.8, 4) is 11.4 Å². The van der Waals surface area contributed by atoms with Crippen LogP contribution in [0.1, 0.15) is 31.1 Å². The Kier molecular flexibility index (Phi) is 3.89. The van der Waals surface area contributed by atoms with Gasteiger partial charge in [-0.15, -0.1) is 11.3 Å². The maximum atomic E-state index is 6.09. The molecule has 0 N–H and O–H groups in total. The highest BCUT2D eigenvalue weighted by molar-refractivity contribution is 7.16. The van der Waals surface area contributed by atoms with E-state index in [1.807, 2.05) is 24.3 Å². The maximum absolute atomic E-state index is 6.09. The Morgan fingerprint density at radius 2 is 2.07 bits per heavy atom. The molecule has 146 valence electrons. The number of anilines is 1. The van der Waals surface area contributed by atoms with E-state index in [2.05, 4.69) is 36.5 Å². The number of aromatic nitrogens is 4. The molecule has 8 heteroatoms. The molecule has 1 saturated carbocycles. The van der Waals surface area contributed by atoms with Crippen molar-refractivity contribution in [2.24, 2.45) is 5.41 Å². The first-order chi connectivity index (χ1) is 14.2. The third kappa shape index (κ3) is 2.91. The summed E-state index contributed by atoms with van der Waals surface area (Å²) in [6.45, 7) is 1.99. The van der Waals surface area contributed by atoms with Crippen LogP contribution in [0.2, 0.25) is 5.02 Å². The Morgan fingerprint density at radius 1 is 1.17 bits per heavy atom. The normalized spacial score (nSPS) is 20.4. The molecule has 29 heavy (non-hydrogen) atoms. The van der Waals surface area contributed by atoms with Crippen LogP contribution in [0.4, 0.5) is 5.82 Å². The molecule has 4 aromatic rings. The van der Waals surface area contributed by atoms with Crippen molar-refractivity contribution in [1.29, 1.82) is 0 Å².